The van der Waals surface area contributed by atoms with Gasteiger partial charge in [0.2, 0.25) is 0 Å². The second-order valence-corrected chi connectivity index (χ2v) is 10.3. The number of hydrogen-bond donors (Lipinski definition) is 0. The van der Waals surface area contributed by atoms with Crippen LogP contribution in [-0.4, -0.2) is 0 Å². The lowest BCUT2D eigenvalue weighted by Gasteiger charge is -2.18. The van der Waals surface area contributed by atoms with Crippen molar-refractivity contribution in [3.05, 3.63) is 156 Å². The van der Waals surface area contributed by atoms with E-state index in [4.69, 9.17) is 0 Å². The smallest absolute Gasteiger partial charge is 0.00262 e. The topological polar surface area (TPSA) is 0 Å². The Morgan fingerprint density at radius 2 is 0.846 bits per heavy atom. The number of fused-ring (bicyclic) bond motifs is 3. The minimum atomic E-state index is 1.19. The SMILES string of the molecule is Cc1ccc2cc(-c3c4ccccc4c(-c4ccc(/C=C/c5ccccc5)cc4)c4ccccc34)ccc2c1. The summed E-state index contributed by atoms with van der Waals surface area (Å²) in [7, 11) is 0. The van der Waals surface area contributed by atoms with Gasteiger partial charge in [0.15, 0.2) is 0 Å². The highest BCUT2D eigenvalue weighted by molar-refractivity contribution is 6.21. The molecule has 0 radical (unpaired) electrons. The molecular formula is C39H28. The van der Waals surface area contributed by atoms with Gasteiger partial charge in [0.1, 0.15) is 0 Å². The predicted molar refractivity (Wildman–Crippen MR) is 170 cm³/mol. The van der Waals surface area contributed by atoms with Crippen molar-refractivity contribution < 1.29 is 0 Å². The molecule has 0 aliphatic heterocycles. The van der Waals surface area contributed by atoms with Crippen LogP contribution in [0.2, 0.25) is 0 Å². The zero-order valence-corrected chi connectivity index (χ0v) is 21.9. The average molecular weight is 497 g/mol. The molecule has 0 amide bonds. The molecule has 0 unspecified atom stereocenters. The molecule has 0 aromatic heterocycles. The second kappa shape index (κ2) is 9.74. The lowest BCUT2D eigenvalue weighted by Crippen LogP contribution is -1.91. The first-order valence-corrected chi connectivity index (χ1v) is 13.5. The summed E-state index contributed by atoms with van der Waals surface area (Å²) in [6, 6.07) is 50.7. The van der Waals surface area contributed by atoms with Crippen molar-refractivity contribution in [2.24, 2.45) is 0 Å². The number of aryl methyl sites for hydroxylation is 1. The molecule has 0 heterocycles. The van der Waals surface area contributed by atoms with Gasteiger partial charge in [-0.25, -0.2) is 0 Å². The molecule has 0 saturated heterocycles. The van der Waals surface area contributed by atoms with Crippen molar-refractivity contribution >= 4 is 44.5 Å². The number of rotatable bonds is 4. The Kier molecular flexibility index (Phi) is 5.79. The first kappa shape index (κ1) is 23.2. The highest BCUT2D eigenvalue weighted by atomic mass is 14.2. The van der Waals surface area contributed by atoms with Crippen molar-refractivity contribution in [1.82, 2.24) is 0 Å². The molecule has 0 fully saturated rings. The maximum Gasteiger partial charge on any atom is -0.00262 e. The minimum absolute atomic E-state index is 1.19. The summed E-state index contributed by atoms with van der Waals surface area (Å²) in [5.41, 5.74) is 8.77. The van der Waals surface area contributed by atoms with Gasteiger partial charge < -0.3 is 0 Å². The molecule has 39 heavy (non-hydrogen) atoms. The van der Waals surface area contributed by atoms with E-state index in [1.54, 1.807) is 0 Å². The largest absolute Gasteiger partial charge is 0.0622 e. The summed E-state index contributed by atoms with van der Waals surface area (Å²) in [6.07, 6.45) is 4.35. The normalized spacial score (nSPS) is 11.6. The molecule has 184 valence electrons. The first-order chi connectivity index (χ1) is 19.2. The van der Waals surface area contributed by atoms with Gasteiger partial charge >= 0.3 is 0 Å². The summed E-state index contributed by atoms with van der Waals surface area (Å²) in [5.74, 6) is 0. The van der Waals surface area contributed by atoms with E-state index in [1.807, 2.05) is 6.07 Å². The summed E-state index contributed by atoms with van der Waals surface area (Å²) in [4.78, 5) is 0. The molecule has 0 aliphatic carbocycles. The van der Waals surface area contributed by atoms with Crippen LogP contribution in [-0.2, 0) is 0 Å². The maximum atomic E-state index is 2.34. The Hall–Kier alpha value is -4.94. The van der Waals surface area contributed by atoms with Crippen LogP contribution in [0.25, 0.3) is 66.7 Å². The Morgan fingerprint density at radius 3 is 1.46 bits per heavy atom. The van der Waals surface area contributed by atoms with Crippen LogP contribution in [0.4, 0.5) is 0 Å². The van der Waals surface area contributed by atoms with Gasteiger partial charge in [0.05, 0.1) is 0 Å². The molecule has 0 bridgehead atoms. The van der Waals surface area contributed by atoms with E-state index in [1.165, 1.54) is 71.3 Å². The van der Waals surface area contributed by atoms with Crippen molar-refractivity contribution in [2.75, 3.05) is 0 Å². The van der Waals surface area contributed by atoms with Gasteiger partial charge in [0, 0.05) is 0 Å². The molecule has 0 saturated carbocycles. The lowest BCUT2D eigenvalue weighted by atomic mass is 9.85. The molecule has 0 nitrogen and oxygen atoms in total. The molecule has 0 spiro atoms. The quantitative estimate of drug-likeness (QED) is 0.168. The predicted octanol–water partition coefficient (Wildman–Crippen LogP) is 11.0. The van der Waals surface area contributed by atoms with E-state index in [0.29, 0.717) is 0 Å². The number of benzene rings is 7. The van der Waals surface area contributed by atoms with Crippen LogP contribution in [0, 0.1) is 6.92 Å². The van der Waals surface area contributed by atoms with E-state index < -0.39 is 0 Å². The van der Waals surface area contributed by atoms with Gasteiger partial charge in [0.25, 0.3) is 0 Å². The minimum Gasteiger partial charge on any atom is -0.0622 e. The maximum absolute atomic E-state index is 2.34. The first-order valence-electron chi connectivity index (χ1n) is 13.5. The molecule has 7 aromatic carbocycles. The van der Waals surface area contributed by atoms with E-state index in [-0.39, 0.29) is 0 Å². The zero-order chi connectivity index (χ0) is 26.2. The van der Waals surface area contributed by atoms with Gasteiger partial charge in [-0.15, -0.1) is 0 Å². The van der Waals surface area contributed by atoms with Crippen molar-refractivity contribution in [3.63, 3.8) is 0 Å². The van der Waals surface area contributed by atoms with Crippen LogP contribution in [0.15, 0.2) is 140 Å². The molecule has 0 aliphatic rings. The summed E-state index contributed by atoms with van der Waals surface area (Å²) in [5, 5.41) is 7.68. The van der Waals surface area contributed by atoms with Crippen LogP contribution in [0.5, 0.6) is 0 Å². The van der Waals surface area contributed by atoms with E-state index in [9.17, 15) is 0 Å². The van der Waals surface area contributed by atoms with Gasteiger partial charge in [-0.3, -0.25) is 0 Å². The Bertz CT molecular complexity index is 1930. The third-order valence-electron chi connectivity index (χ3n) is 7.68. The Labute approximate surface area is 229 Å². The van der Waals surface area contributed by atoms with E-state index in [2.05, 4.69) is 153 Å². The molecule has 7 aromatic rings. The van der Waals surface area contributed by atoms with Crippen molar-refractivity contribution in [2.45, 2.75) is 6.92 Å². The summed E-state index contributed by atoms with van der Waals surface area (Å²) < 4.78 is 0. The fraction of sp³-hybridized carbons (Fsp3) is 0.0256. The van der Waals surface area contributed by atoms with Crippen molar-refractivity contribution in [3.8, 4) is 22.3 Å². The Balaban J connectivity index is 1.41. The lowest BCUT2D eigenvalue weighted by molar-refractivity contribution is 1.51. The third-order valence-corrected chi connectivity index (χ3v) is 7.68. The Morgan fingerprint density at radius 1 is 0.385 bits per heavy atom. The van der Waals surface area contributed by atoms with Gasteiger partial charge in [-0.1, -0.05) is 151 Å². The zero-order valence-electron chi connectivity index (χ0n) is 21.9. The summed E-state index contributed by atoms with van der Waals surface area (Å²) in [6.45, 7) is 2.15. The fourth-order valence-corrected chi connectivity index (χ4v) is 5.79. The van der Waals surface area contributed by atoms with Crippen molar-refractivity contribution in [1.29, 1.82) is 0 Å². The van der Waals surface area contributed by atoms with Crippen LogP contribution >= 0.6 is 0 Å². The van der Waals surface area contributed by atoms with Gasteiger partial charge in [-0.2, -0.15) is 0 Å². The standard InChI is InChI=1S/C39H28/c1-27-15-20-32-26-33(24-23-31(32)25-27)39-36-13-7-5-11-34(36)38(35-12-6-8-14-37(35)39)30-21-18-29(19-22-30)17-16-28-9-3-2-4-10-28/h2-26H,1H3/b17-16+. The van der Waals surface area contributed by atoms with Gasteiger partial charge in [-0.05, 0) is 78.7 Å². The molecule has 0 N–H and O–H groups in total. The van der Waals surface area contributed by atoms with Crippen LogP contribution in [0.3, 0.4) is 0 Å². The fourth-order valence-electron chi connectivity index (χ4n) is 5.79. The average Bonchev–Trinajstić information content (AvgIpc) is 2.99. The molecule has 7 rings (SSSR count). The van der Waals surface area contributed by atoms with Crippen LogP contribution < -0.4 is 0 Å². The monoisotopic (exact) mass is 496 g/mol. The van der Waals surface area contributed by atoms with E-state index in [0.717, 1.165) is 0 Å². The van der Waals surface area contributed by atoms with E-state index >= 15 is 0 Å². The molecule has 0 atom stereocenters. The number of hydrogen-bond acceptors (Lipinski definition) is 0. The third kappa shape index (κ3) is 4.31. The summed E-state index contributed by atoms with van der Waals surface area (Å²) >= 11 is 0. The molecular weight excluding hydrogens is 468 g/mol. The molecule has 0 heteroatoms. The highest BCUT2D eigenvalue weighted by Gasteiger charge is 2.16. The second-order valence-electron chi connectivity index (χ2n) is 10.3. The van der Waals surface area contributed by atoms with Crippen LogP contribution in [0.1, 0.15) is 16.7 Å². The highest BCUT2D eigenvalue weighted by Crippen LogP contribution is 2.44.